The van der Waals surface area contributed by atoms with E-state index in [1.54, 1.807) is 4.57 Å². The third-order valence-corrected chi connectivity index (χ3v) is 6.45. The van der Waals surface area contributed by atoms with Crippen molar-refractivity contribution in [3.63, 3.8) is 0 Å². The number of benzene rings is 1. The van der Waals surface area contributed by atoms with Crippen molar-refractivity contribution in [1.29, 1.82) is 0 Å². The van der Waals surface area contributed by atoms with Crippen LogP contribution in [0.25, 0.3) is 6.58 Å². The molecule has 1 aromatic carbocycles. The van der Waals surface area contributed by atoms with Crippen LogP contribution >= 0.6 is 0 Å². The second kappa shape index (κ2) is 10.7. The van der Waals surface area contributed by atoms with Crippen LogP contribution in [-0.2, 0) is 20.9 Å². The van der Waals surface area contributed by atoms with Crippen molar-refractivity contribution in [3.05, 3.63) is 45.1 Å². The summed E-state index contributed by atoms with van der Waals surface area (Å²) in [6, 6.07) is 5.86. The molecule has 1 fully saturated rings. The number of amides is 1. The first kappa shape index (κ1) is 23.8. The molecule has 0 atom stereocenters. The number of carbonyl (C=O) groups is 2. The van der Waals surface area contributed by atoms with E-state index in [0.717, 1.165) is 36.9 Å². The van der Waals surface area contributed by atoms with E-state index in [2.05, 4.69) is 16.6 Å². The Morgan fingerprint density at radius 1 is 1.24 bits per heavy atom. The van der Waals surface area contributed by atoms with Gasteiger partial charge in [0.05, 0.1) is 25.4 Å². The lowest BCUT2D eigenvalue weighted by Gasteiger charge is -2.34. The summed E-state index contributed by atoms with van der Waals surface area (Å²) in [6.07, 6.45) is 6.46. The third-order valence-electron chi connectivity index (χ3n) is 6.45. The highest BCUT2D eigenvalue weighted by molar-refractivity contribution is 5.76. The molecular weight excluding hydrogens is 436 g/mol. The molecule has 0 saturated heterocycles. The molecule has 1 aliphatic heterocycles. The number of rotatable bonds is 9. The molecule has 0 spiro atoms. The Kier molecular flexibility index (Phi) is 7.49. The van der Waals surface area contributed by atoms with Crippen LogP contribution in [-0.4, -0.2) is 52.1 Å². The number of H-pyrrole nitrogens is 1. The van der Waals surface area contributed by atoms with Gasteiger partial charge in [-0.05, 0) is 37.5 Å². The SMILES string of the molecule is C=c1c(=O)[nH]c2n1Cc1cc(OCCCC(=O)N(CCOC(C)=O)C3CCCCC3)ccc1N=2. The smallest absolute Gasteiger partial charge is 0.302 e. The van der Waals surface area contributed by atoms with Crippen LogP contribution in [0.4, 0.5) is 5.69 Å². The van der Waals surface area contributed by atoms with Crippen LogP contribution in [0.5, 0.6) is 5.75 Å². The maximum Gasteiger partial charge on any atom is 0.302 e. The lowest BCUT2D eigenvalue weighted by atomic mass is 9.94. The first-order chi connectivity index (χ1) is 16.4. The number of nitrogens with one attached hydrogen (secondary N) is 1. The molecule has 0 bridgehead atoms. The summed E-state index contributed by atoms with van der Waals surface area (Å²) in [5.41, 5.74) is 2.01. The molecule has 9 nitrogen and oxygen atoms in total. The molecule has 1 N–H and O–H groups in total. The normalized spacial score (nSPS) is 15.1. The van der Waals surface area contributed by atoms with Crippen molar-refractivity contribution in [2.24, 2.45) is 4.99 Å². The second-order valence-electron chi connectivity index (χ2n) is 8.88. The number of aromatic amines is 1. The summed E-state index contributed by atoms with van der Waals surface area (Å²) in [4.78, 5) is 45.0. The molecule has 182 valence electrons. The second-order valence-corrected chi connectivity index (χ2v) is 8.88. The fourth-order valence-electron chi connectivity index (χ4n) is 4.67. The Labute approximate surface area is 198 Å². The summed E-state index contributed by atoms with van der Waals surface area (Å²) in [7, 11) is 0. The van der Waals surface area contributed by atoms with Gasteiger partial charge < -0.3 is 18.9 Å². The maximum absolute atomic E-state index is 13.0. The summed E-state index contributed by atoms with van der Waals surface area (Å²) < 4.78 is 12.7. The average molecular weight is 469 g/mol. The summed E-state index contributed by atoms with van der Waals surface area (Å²) >= 11 is 0. The first-order valence-corrected chi connectivity index (χ1v) is 12.0. The van der Waals surface area contributed by atoms with Crippen molar-refractivity contribution in [2.45, 2.75) is 64.5 Å². The molecule has 1 aromatic heterocycles. The Balaban J connectivity index is 1.30. The van der Waals surface area contributed by atoms with Gasteiger partial charge in [0, 0.05) is 24.9 Å². The first-order valence-electron chi connectivity index (χ1n) is 12.0. The number of fused-ring (bicyclic) bond motifs is 2. The summed E-state index contributed by atoms with van der Waals surface area (Å²) in [5, 5.41) is 0.380. The molecule has 0 radical (unpaired) electrons. The van der Waals surface area contributed by atoms with Gasteiger partial charge in [-0.25, -0.2) is 4.99 Å². The molecular formula is C25H32N4O5. The predicted molar refractivity (Wildman–Crippen MR) is 127 cm³/mol. The van der Waals surface area contributed by atoms with Crippen LogP contribution in [0.3, 0.4) is 0 Å². The summed E-state index contributed by atoms with van der Waals surface area (Å²) in [5.74, 6) is 0.459. The summed E-state index contributed by atoms with van der Waals surface area (Å²) in [6.45, 7) is 6.78. The van der Waals surface area contributed by atoms with Crippen LogP contribution in [0, 0.1) is 0 Å². The van der Waals surface area contributed by atoms with E-state index in [1.807, 2.05) is 23.1 Å². The van der Waals surface area contributed by atoms with Gasteiger partial charge in [0.25, 0.3) is 5.56 Å². The zero-order chi connectivity index (χ0) is 24.1. The molecule has 0 unspecified atom stereocenters. The van der Waals surface area contributed by atoms with Gasteiger partial charge in [-0.15, -0.1) is 0 Å². The monoisotopic (exact) mass is 468 g/mol. The van der Waals surface area contributed by atoms with Crippen molar-refractivity contribution in [1.82, 2.24) is 14.5 Å². The highest BCUT2D eigenvalue weighted by Crippen LogP contribution is 2.27. The Hall–Kier alpha value is -3.36. The van der Waals surface area contributed by atoms with Crippen LogP contribution in [0.1, 0.15) is 57.4 Å². The van der Waals surface area contributed by atoms with E-state index in [0.29, 0.717) is 49.3 Å². The Bertz CT molecular complexity index is 1210. The van der Waals surface area contributed by atoms with Crippen LogP contribution < -0.4 is 21.3 Å². The number of carbonyl (C=O) groups excluding carboxylic acids is 2. The number of esters is 1. The van der Waals surface area contributed by atoms with E-state index in [4.69, 9.17) is 9.47 Å². The van der Waals surface area contributed by atoms with E-state index in [-0.39, 0.29) is 30.1 Å². The fraction of sp³-hybridized carbons (Fsp3) is 0.520. The topological polar surface area (TPSA) is 106 Å². The number of ether oxygens (including phenoxy) is 2. The molecule has 1 amide bonds. The third kappa shape index (κ3) is 5.58. The highest BCUT2D eigenvalue weighted by Gasteiger charge is 2.25. The zero-order valence-electron chi connectivity index (χ0n) is 19.7. The van der Waals surface area contributed by atoms with E-state index < -0.39 is 0 Å². The molecule has 1 aliphatic carbocycles. The Morgan fingerprint density at radius 2 is 2.03 bits per heavy atom. The molecule has 9 heteroatoms. The zero-order valence-corrected chi connectivity index (χ0v) is 19.7. The minimum absolute atomic E-state index is 0.0830. The van der Waals surface area contributed by atoms with Crippen molar-refractivity contribution >= 4 is 24.1 Å². The van der Waals surface area contributed by atoms with Crippen LogP contribution in [0.15, 0.2) is 28.0 Å². The largest absolute Gasteiger partial charge is 0.494 e. The molecule has 4 rings (SSSR count). The van der Waals surface area contributed by atoms with E-state index in [1.165, 1.54) is 13.3 Å². The van der Waals surface area contributed by atoms with Gasteiger partial charge >= 0.3 is 5.97 Å². The van der Waals surface area contributed by atoms with Crippen molar-refractivity contribution in [3.8, 4) is 5.75 Å². The van der Waals surface area contributed by atoms with Gasteiger partial charge in [0.2, 0.25) is 11.5 Å². The number of imidazole rings is 1. The molecule has 2 aromatic rings. The van der Waals surface area contributed by atoms with Gasteiger partial charge in [-0.1, -0.05) is 25.8 Å². The number of aromatic nitrogens is 2. The lowest BCUT2D eigenvalue weighted by Crippen LogP contribution is -2.43. The predicted octanol–water partition coefficient (Wildman–Crippen LogP) is 1.78. The molecule has 34 heavy (non-hydrogen) atoms. The van der Waals surface area contributed by atoms with Gasteiger partial charge in [-0.2, -0.15) is 0 Å². The quantitative estimate of drug-likeness (QED) is 0.381. The number of hydrogen-bond donors (Lipinski definition) is 1. The number of nitrogens with zero attached hydrogens (tertiary/aromatic N) is 3. The van der Waals surface area contributed by atoms with E-state index >= 15 is 0 Å². The highest BCUT2D eigenvalue weighted by atomic mass is 16.5. The molecule has 2 aliphatic rings. The minimum Gasteiger partial charge on any atom is -0.494 e. The molecule has 2 heterocycles. The van der Waals surface area contributed by atoms with Gasteiger partial charge in [-0.3, -0.25) is 19.4 Å². The van der Waals surface area contributed by atoms with Crippen molar-refractivity contribution < 1.29 is 19.1 Å². The number of hydrogen-bond acceptors (Lipinski definition) is 6. The fourth-order valence-corrected chi connectivity index (χ4v) is 4.67. The average Bonchev–Trinajstić information content (AvgIpc) is 3.10. The van der Waals surface area contributed by atoms with Gasteiger partial charge in [0.1, 0.15) is 17.7 Å². The van der Waals surface area contributed by atoms with Crippen molar-refractivity contribution in [2.75, 3.05) is 19.8 Å². The molecule has 1 saturated carbocycles. The minimum atomic E-state index is -0.326. The Morgan fingerprint density at radius 3 is 2.79 bits per heavy atom. The lowest BCUT2D eigenvalue weighted by molar-refractivity contribution is -0.144. The van der Waals surface area contributed by atoms with Gasteiger partial charge in [0.15, 0.2) is 0 Å². The maximum atomic E-state index is 13.0. The van der Waals surface area contributed by atoms with Crippen LogP contribution in [0.2, 0.25) is 0 Å². The standard InChI is InChI=1S/C25H32N4O5/c1-17-24(32)27-25-26-22-11-10-21(15-19(22)16-29(17)25)34-13-6-9-23(31)28(12-14-33-18(2)30)20-7-4-3-5-8-20/h10-11,15,20H,1,3-9,12-14,16H2,2H3,(H,26,27,32). The van der Waals surface area contributed by atoms with E-state index in [9.17, 15) is 14.4 Å².